The van der Waals surface area contributed by atoms with Crippen molar-refractivity contribution in [2.75, 3.05) is 7.11 Å². The molecule has 4 heteroatoms. The maximum atomic E-state index is 10.8. The molecular formula is C11H11NO3. The first kappa shape index (κ1) is 8.71. The van der Waals surface area contributed by atoms with Gasteiger partial charge < -0.3 is 4.74 Å². The van der Waals surface area contributed by atoms with Crippen molar-refractivity contribution in [1.82, 2.24) is 0 Å². The van der Waals surface area contributed by atoms with Crippen LogP contribution in [0.25, 0.3) is 0 Å². The Morgan fingerprint density at radius 2 is 2.33 bits per heavy atom. The van der Waals surface area contributed by atoms with Crippen LogP contribution in [0.2, 0.25) is 0 Å². The minimum atomic E-state index is -0.372. The first-order valence-electron chi connectivity index (χ1n) is 5.06. The molecule has 0 aliphatic heterocycles. The number of nitrogens with zero attached hydrogens (tertiary/aromatic N) is 1. The molecule has 0 bridgehead atoms. The third-order valence-corrected chi connectivity index (χ3v) is 3.44. The highest BCUT2D eigenvalue weighted by molar-refractivity contribution is 5.56. The highest BCUT2D eigenvalue weighted by atomic mass is 16.6. The Morgan fingerprint density at radius 1 is 1.53 bits per heavy atom. The van der Waals surface area contributed by atoms with Crippen LogP contribution in [0.1, 0.15) is 23.5 Å². The first-order chi connectivity index (χ1) is 7.20. The monoisotopic (exact) mass is 205 g/mol. The number of hydrogen-bond donors (Lipinski definition) is 0. The number of ether oxygens (including phenoxy) is 1. The van der Waals surface area contributed by atoms with Crippen LogP contribution in [-0.4, -0.2) is 12.0 Å². The van der Waals surface area contributed by atoms with Crippen LogP contribution in [0.4, 0.5) is 5.69 Å². The Labute approximate surface area is 87.0 Å². The van der Waals surface area contributed by atoms with E-state index in [1.807, 2.05) is 6.07 Å². The van der Waals surface area contributed by atoms with Crippen molar-refractivity contribution in [3.63, 3.8) is 0 Å². The number of hydrogen-bond acceptors (Lipinski definition) is 3. The van der Waals surface area contributed by atoms with E-state index < -0.39 is 0 Å². The molecule has 0 saturated heterocycles. The predicted molar refractivity (Wildman–Crippen MR) is 54.2 cm³/mol. The average molecular weight is 205 g/mol. The lowest BCUT2D eigenvalue weighted by Crippen LogP contribution is -1.97. The number of nitro groups is 1. The van der Waals surface area contributed by atoms with Crippen LogP contribution in [-0.2, 0) is 6.42 Å². The zero-order chi connectivity index (χ0) is 10.6. The fourth-order valence-corrected chi connectivity index (χ4v) is 2.59. The fraction of sp³-hybridized carbons (Fsp3) is 0.455. The van der Waals surface area contributed by atoms with Gasteiger partial charge in [-0.15, -0.1) is 0 Å². The number of methoxy groups -OCH3 is 1. The highest BCUT2D eigenvalue weighted by Crippen LogP contribution is 2.57. The van der Waals surface area contributed by atoms with Gasteiger partial charge >= 0.3 is 5.69 Å². The Morgan fingerprint density at radius 3 is 3.00 bits per heavy atom. The molecule has 1 aromatic rings. The molecule has 2 aliphatic carbocycles. The summed E-state index contributed by atoms with van der Waals surface area (Å²) in [5.41, 5.74) is 2.50. The molecule has 78 valence electrons. The summed E-state index contributed by atoms with van der Waals surface area (Å²) < 4.78 is 5.06. The van der Waals surface area contributed by atoms with Crippen LogP contribution in [0.3, 0.4) is 0 Å². The second-order valence-corrected chi connectivity index (χ2v) is 4.29. The number of fused-ring (bicyclic) bond motifs is 3. The van der Waals surface area contributed by atoms with Gasteiger partial charge in [0, 0.05) is 6.07 Å². The summed E-state index contributed by atoms with van der Waals surface area (Å²) in [6, 6.07) is 3.53. The summed E-state index contributed by atoms with van der Waals surface area (Å²) >= 11 is 0. The quantitative estimate of drug-likeness (QED) is 0.549. The Bertz CT molecular complexity index is 455. The summed E-state index contributed by atoms with van der Waals surface area (Å²) in [7, 11) is 1.48. The molecule has 15 heavy (non-hydrogen) atoms. The van der Waals surface area contributed by atoms with E-state index in [-0.39, 0.29) is 10.6 Å². The molecule has 1 saturated carbocycles. The zero-order valence-corrected chi connectivity index (χ0v) is 8.40. The minimum absolute atomic E-state index is 0.0950. The normalized spacial score (nSPS) is 25.7. The van der Waals surface area contributed by atoms with Gasteiger partial charge in [-0.1, -0.05) is 0 Å². The molecule has 1 aromatic carbocycles. The zero-order valence-electron chi connectivity index (χ0n) is 8.40. The van der Waals surface area contributed by atoms with Crippen LogP contribution in [0, 0.1) is 16.0 Å². The third-order valence-electron chi connectivity index (χ3n) is 3.44. The van der Waals surface area contributed by atoms with Gasteiger partial charge in [0.2, 0.25) is 0 Å². The van der Waals surface area contributed by atoms with Crippen LogP contribution in [0.5, 0.6) is 5.75 Å². The Balaban J connectivity index is 2.14. The van der Waals surface area contributed by atoms with Gasteiger partial charge in [-0.3, -0.25) is 10.1 Å². The minimum Gasteiger partial charge on any atom is -0.490 e. The molecular weight excluding hydrogens is 194 g/mol. The van der Waals surface area contributed by atoms with Gasteiger partial charge in [0.15, 0.2) is 5.75 Å². The van der Waals surface area contributed by atoms with Crippen molar-refractivity contribution >= 4 is 5.69 Å². The van der Waals surface area contributed by atoms with E-state index in [0.29, 0.717) is 11.7 Å². The molecule has 0 spiro atoms. The van der Waals surface area contributed by atoms with Crippen molar-refractivity contribution in [3.8, 4) is 5.75 Å². The highest BCUT2D eigenvalue weighted by Gasteiger charge is 2.46. The number of rotatable bonds is 2. The molecule has 4 nitrogen and oxygen atoms in total. The first-order valence-corrected chi connectivity index (χ1v) is 5.06. The summed E-state index contributed by atoms with van der Waals surface area (Å²) in [4.78, 5) is 10.4. The lowest BCUT2D eigenvalue weighted by atomic mass is 10.0. The van der Waals surface area contributed by atoms with E-state index in [2.05, 4.69) is 0 Å². The van der Waals surface area contributed by atoms with Gasteiger partial charge in [-0.2, -0.15) is 0 Å². The van der Waals surface area contributed by atoms with Gasteiger partial charge in [0.1, 0.15) is 0 Å². The summed E-state index contributed by atoms with van der Waals surface area (Å²) in [5.74, 6) is 1.78. The van der Waals surface area contributed by atoms with Gasteiger partial charge in [0.05, 0.1) is 12.0 Å². The maximum Gasteiger partial charge on any atom is 0.311 e. The summed E-state index contributed by atoms with van der Waals surface area (Å²) in [6.45, 7) is 0. The van der Waals surface area contributed by atoms with Crippen molar-refractivity contribution < 1.29 is 9.66 Å². The molecule has 0 unspecified atom stereocenters. The van der Waals surface area contributed by atoms with E-state index in [4.69, 9.17) is 4.74 Å². The Kier molecular flexibility index (Phi) is 1.58. The smallest absolute Gasteiger partial charge is 0.311 e. The van der Waals surface area contributed by atoms with E-state index in [9.17, 15) is 10.1 Å². The lowest BCUT2D eigenvalue weighted by molar-refractivity contribution is -0.385. The van der Waals surface area contributed by atoms with Gasteiger partial charge in [-0.25, -0.2) is 0 Å². The molecule has 0 radical (unpaired) electrons. The van der Waals surface area contributed by atoms with Crippen LogP contribution in [0.15, 0.2) is 12.1 Å². The molecule has 1 fully saturated rings. The van der Waals surface area contributed by atoms with E-state index >= 15 is 0 Å². The second kappa shape index (κ2) is 2.72. The molecule has 2 aliphatic rings. The van der Waals surface area contributed by atoms with Crippen molar-refractivity contribution in [1.29, 1.82) is 0 Å². The van der Waals surface area contributed by atoms with Crippen LogP contribution < -0.4 is 4.74 Å². The predicted octanol–water partition coefficient (Wildman–Crippen LogP) is 2.26. The van der Waals surface area contributed by atoms with Gasteiger partial charge in [-0.05, 0) is 41.9 Å². The standard InChI is InChI=1S/C11H11NO3/c1-15-11-5-9-7(2-6-3-8(6)9)4-10(11)12(13)14/h4-6,8H,2-3H2,1H3/t6-,8+/m1/s1. The summed E-state index contributed by atoms with van der Waals surface area (Å²) in [6.07, 6.45) is 2.25. The number of nitro benzene ring substituents is 1. The van der Waals surface area contributed by atoms with Crippen molar-refractivity contribution in [3.05, 3.63) is 33.4 Å². The Hall–Kier alpha value is -1.58. The lowest BCUT2D eigenvalue weighted by Gasteiger charge is -2.06. The molecule has 0 amide bonds. The SMILES string of the molecule is COc1cc2c(cc1[N+](=O)[O-])C[C@@H]1C[C@H]21. The molecule has 0 heterocycles. The van der Waals surface area contributed by atoms with Crippen molar-refractivity contribution in [2.24, 2.45) is 5.92 Å². The number of benzene rings is 1. The maximum absolute atomic E-state index is 10.8. The fourth-order valence-electron chi connectivity index (χ4n) is 2.59. The molecule has 0 N–H and O–H groups in total. The second-order valence-electron chi connectivity index (χ2n) is 4.29. The van der Waals surface area contributed by atoms with Gasteiger partial charge in [0.25, 0.3) is 0 Å². The van der Waals surface area contributed by atoms with Crippen LogP contribution >= 0.6 is 0 Å². The largest absolute Gasteiger partial charge is 0.490 e. The van der Waals surface area contributed by atoms with E-state index in [1.54, 1.807) is 6.07 Å². The van der Waals surface area contributed by atoms with Crippen molar-refractivity contribution in [2.45, 2.75) is 18.8 Å². The third kappa shape index (κ3) is 1.14. The topological polar surface area (TPSA) is 52.4 Å². The molecule has 3 rings (SSSR count). The molecule has 0 aromatic heterocycles. The average Bonchev–Trinajstić information content (AvgIpc) is 2.90. The van der Waals surface area contributed by atoms with E-state index in [1.165, 1.54) is 19.1 Å². The van der Waals surface area contributed by atoms with E-state index in [0.717, 1.165) is 17.9 Å². The molecule has 2 atom stereocenters. The summed E-state index contributed by atoms with van der Waals surface area (Å²) in [5, 5.41) is 10.8.